The number of hydrogen-bond donors (Lipinski definition) is 0. The van der Waals surface area contributed by atoms with Crippen molar-refractivity contribution in [2.24, 2.45) is 0 Å². The zero-order chi connectivity index (χ0) is 22.6. The van der Waals surface area contributed by atoms with Gasteiger partial charge in [-0.15, -0.1) is 0 Å². The number of carbonyl (C=O) groups is 1. The van der Waals surface area contributed by atoms with Crippen LogP contribution in [0, 0.1) is 0 Å². The molecule has 0 saturated heterocycles. The molecule has 3 rings (SSSR count). The van der Waals surface area contributed by atoms with Gasteiger partial charge < -0.3 is 9.26 Å². The predicted octanol–water partition coefficient (Wildman–Crippen LogP) is 5.51. The highest BCUT2D eigenvalue weighted by molar-refractivity contribution is 7.98. The standard InChI is InChI=1S/C22H22ClNO3S.CO2/c1-3-28-14-16-8-10-17(11-9-16)22-18(13-24-27-22)12-21(25)26-15(2)19-6-4-5-7-20(19)23;2-1-3/h4-11,13,15H,3,12,14H2,1-2H3;. The summed E-state index contributed by atoms with van der Waals surface area (Å²) in [7, 11) is 0. The van der Waals surface area contributed by atoms with Gasteiger partial charge in [0.25, 0.3) is 0 Å². The number of carbonyl (C=O) groups excluding carboxylic acids is 3. The van der Waals surface area contributed by atoms with Gasteiger partial charge in [-0.25, -0.2) is 0 Å². The molecule has 0 aliphatic carbocycles. The summed E-state index contributed by atoms with van der Waals surface area (Å²) in [4.78, 5) is 28.7. The molecule has 0 N–H and O–H groups in total. The summed E-state index contributed by atoms with van der Waals surface area (Å²) < 4.78 is 10.9. The van der Waals surface area contributed by atoms with Crippen LogP contribution < -0.4 is 0 Å². The number of aromatic nitrogens is 1. The van der Waals surface area contributed by atoms with Gasteiger partial charge in [0.15, 0.2) is 5.76 Å². The average Bonchev–Trinajstić information content (AvgIpc) is 3.21. The molecule has 31 heavy (non-hydrogen) atoms. The molecule has 1 aromatic heterocycles. The van der Waals surface area contributed by atoms with E-state index in [4.69, 9.17) is 30.4 Å². The lowest BCUT2D eigenvalue weighted by Gasteiger charge is -2.14. The van der Waals surface area contributed by atoms with Crippen LogP contribution in [0.1, 0.15) is 36.6 Å². The van der Waals surface area contributed by atoms with Crippen LogP contribution in [0.5, 0.6) is 0 Å². The fourth-order valence-corrected chi connectivity index (χ4v) is 3.78. The molecule has 0 radical (unpaired) electrons. The Balaban J connectivity index is 0.00000107. The van der Waals surface area contributed by atoms with Gasteiger partial charge in [0, 0.05) is 27.5 Å². The summed E-state index contributed by atoms with van der Waals surface area (Å²) in [5.74, 6) is 2.31. The Morgan fingerprint density at radius 1 is 1.19 bits per heavy atom. The monoisotopic (exact) mass is 459 g/mol. The van der Waals surface area contributed by atoms with E-state index in [-0.39, 0.29) is 18.5 Å². The zero-order valence-electron chi connectivity index (χ0n) is 17.2. The minimum Gasteiger partial charge on any atom is -0.457 e. The lowest BCUT2D eigenvalue weighted by Crippen LogP contribution is -2.11. The van der Waals surface area contributed by atoms with Gasteiger partial charge in [0.2, 0.25) is 0 Å². The van der Waals surface area contributed by atoms with E-state index in [2.05, 4.69) is 24.2 Å². The van der Waals surface area contributed by atoms with Crippen LogP contribution in [0.25, 0.3) is 11.3 Å². The van der Waals surface area contributed by atoms with E-state index >= 15 is 0 Å². The van der Waals surface area contributed by atoms with Crippen LogP contribution in [0.15, 0.2) is 59.3 Å². The van der Waals surface area contributed by atoms with Gasteiger partial charge in [-0.05, 0) is 24.3 Å². The quantitative estimate of drug-likeness (QED) is 0.410. The van der Waals surface area contributed by atoms with Gasteiger partial charge in [0.05, 0.1) is 12.6 Å². The Bertz CT molecular complexity index is 1010. The van der Waals surface area contributed by atoms with Crippen LogP contribution in [-0.4, -0.2) is 23.0 Å². The topological polar surface area (TPSA) is 86.5 Å². The maximum atomic E-state index is 12.4. The second-order valence-corrected chi connectivity index (χ2v) is 8.11. The van der Waals surface area contributed by atoms with Crippen LogP contribution in [0.3, 0.4) is 0 Å². The lowest BCUT2D eigenvalue weighted by atomic mass is 10.1. The number of nitrogens with zero attached hydrogens (tertiary/aromatic N) is 1. The van der Waals surface area contributed by atoms with E-state index in [1.54, 1.807) is 19.2 Å². The molecule has 0 spiro atoms. The van der Waals surface area contributed by atoms with Crippen LogP contribution in [-0.2, 0) is 31.3 Å². The predicted molar refractivity (Wildman–Crippen MR) is 118 cm³/mol. The van der Waals surface area contributed by atoms with E-state index in [0.717, 1.165) is 22.6 Å². The van der Waals surface area contributed by atoms with Crippen molar-refractivity contribution in [2.75, 3.05) is 5.75 Å². The summed E-state index contributed by atoms with van der Waals surface area (Å²) in [5.41, 5.74) is 3.63. The van der Waals surface area contributed by atoms with Crippen molar-refractivity contribution < 1.29 is 23.6 Å². The maximum absolute atomic E-state index is 12.4. The van der Waals surface area contributed by atoms with Gasteiger partial charge in [-0.1, -0.05) is 66.1 Å². The first-order valence-corrected chi connectivity index (χ1v) is 11.1. The van der Waals surface area contributed by atoms with Crippen molar-refractivity contribution in [3.8, 4) is 11.3 Å². The van der Waals surface area contributed by atoms with Crippen molar-refractivity contribution in [1.29, 1.82) is 0 Å². The number of hydrogen-bond acceptors (Lipinski definition) is 7. The summed E-state index contributed by atoms with van der Waals surface area (Å²) in [5, 5.41) is 4.45. The highest BCUT2D eigenvalue weighted by atomic mass is 35.5. The first kappa shape index (κ1) is 24.4. The molecule has 0 bridgehead atoms. The molecule has 2 aromatic carbocycles. The van der Waals surface area contributed by atoms with Crippen LogP contribution in [0.2, 0.25) is 5.02 Å². The van der Waals surface area contributed by atoms with E-state index in [0.29, 0.717) is 16.3 Å². The molecular formula is C23H22ClNO5S. The Morgan fingerprint density at radius 3 is 2.52 bits per heavy atom. The third kappa shape index (κ3) is 7.40. The molecule has 0 amide bonds. The number of esters is 1. The fourth-order valence-electron chi connectivity index (χ4n) is 2.86. The molecule has 1 unspecified atom stereocenters. The van der Waals surface area contributed by atoms with E-state index in [1.807, 2.05) is 42.1 Å². The number of thioether (sulfide) groups is 1. The molecule has 1 atom stereocenters. The van der Waals surface area contributed by atoms with E-state index < -0.39 is 6.10 Å². The molecule has 0 saturated carbocycles. The van der Waals surface area contributed by atoms with Gasteiger partial charge in [0.1, 0.15) is 6.10 Å². The number of rotatable bonds is 8. The summed E-state index contributed by atoms with van der Waals surface area (Å²) in [6, 6.07) is 15.5. The SMILES string of the molecule is CCSCc1ccc(-c2oncc2CC(=O)OC(C)c2ccccc2Cl)cc1.O=C=O. The van der Waals surface area contributed by atoms with Crippen molar-refractivity contribution in [2.45, 2.75) is 32.1 Å². The average molecular weight is 460 g/mol. The lowest BCUT2D eigenvalue weighted by molar-refractivity contribution is -0.191. The van der Waals surface area contributed by atoms with Crippen molar-refractivity contribution in [3.05, 3.63) is 76.4 Å². The Hall–Kier alpha value is -2.86. The molecule has 3 aromatic rings. The third-order valence-electron chi connectivity index (χ3n) is 4.32. The summed E-state index contributed by atoms with van der Waals surface area (Å²) in [6.07, 6.45) is 1.47. The molecule has 0 fully saturated rings. The highest BCUT2D eigenvalue weighted by Gasteiger charge is 2.19. The molecule has 8 heteroatoms. The maximum Gasteiger partial charge on any atom is 0.373 e. The molecule has 6 nitrogen and oxygen atoms in total. The van der Waals surface area contributed by atoms with Gasteiger partial charge in [-0.3, -0.25) is 4.79 Å². The number of ether oxygens (including phenoxy) is 1. The zero-order valence-corrected chi connectivity index (χ0v) is 18.7. The first-order chi connectivity index (χ1) is 15.0. The Morgan fingerprint density at radius 2 is 1.87 bits per heavy atom. The van der Waals surface area contributed by atoms with E-state index in [1.165, 1.54) is 5.56 Å². The van der Waals surface area contributed by atoms with Gasteiger partial charge in [-0.2, -0.15) is 21.4 Å². The van der Waals surface area contributed by atoms with Crippen molar-refractivity contribution in [1.82, 2.24) is 5.16 Å². The highest BCUT2D eigenvalue weighted by Crippen LogP contribution is 2.28. The largest absolute Gasteiger partial charge is 0.457 e. The fraction of sp³-hybridized carbons (Fsp3) is 0.261. The molecule has 0 aliphatic heterocycles. The second-order valence-electron chi connectivity index (χ2n) is 6.43. The van der Waals surface area contributed by atoms with Crippen LogP contribution in [0.4, 0.5) is 0 Å². The molecular weight excluding hydrogens is 438 g/mol. The number of halogens is 1. The normalized spacial score (nSPS) is 11.1. The second kappa shape index (κ2) is 12.7. The van der Waals surface area contributed by atoms with E-state index in [9.17, 15) is 4.79 Å². The Labute approximate surface area is 189 Å². The van der Waals surface area contributed by atoms with Crippen LogP contribution >= 0.6 is 23.4 Å². The first-order valence-electron chi connectivity index (χ1n) is 9.53. The Kier molecular flexibility index (Phi) is 10.0. The van der Waals surface area contributed by atoms with Crippen molar-refractivity contribution in [3.63, 3.8) is 0 Å². The molecule has 0 aliphatic rings. The third-order valence-corrected chi connectivity index (χ3v) is 5.61. The molecule has 1 heterocycles. The van der Waals surface area contributed by atoms with Crippen molar-refractivity contribution >= 4 is 35.5 Å². The minimum atomic E-state index is -0.431. The van der Waals surface area contributed by atoms with Gasteiger partial charge >= 0.3 is 12.1 Å². The molecule has 162 valence electrons. The number of benzene rings is 2. The minimum absolute atomic E-state index is 0.0844. The summed E-state index contributed by atoms with van der Waals surface area (Å²) >= 11 is 8.05. The summed E-state index contributed by atoms with van der Waals surface area (Å²) in [6.45, 7) is 3.95. The smallest absolute Gasteiger partial charge is 0.373 e.